The molecule has 2 aromatic carbocycles. The van der Waals surface area contributed by atoms with Crippen LogP contribution in [0, 0.1) is 0 Å². The fourth-order valence-corrected chi connectivity index (χ4v) is 3.14. The molecule has 6 heteroatoms. The van der Waals surface area contributed by atoms with Gasteiger partial charge in [-0.3, -0.25) is 4.79 Å². The lowest BCUT2D eigenvalue weighted by molar-refractivity contribution is -0.115. The first kappa shape index (κ1) is 17.0. The normalized spacial score (nSPS) is 10.3. The highest BCUT2D eigenvalue weighted by molar-refractivity contribution is 7.14. The quantitative estimate of drug-likeness (QED) is 0.727. The van der Waals surface area contributed by atoms with Crippen LogP contribution in [0.25, 0.3) is 11.3 Å². The molecule has 0 fully saturated rings. The van der Waals surface area contributed by atoms with Gasteiger partial charge in [0, 0.05) is 22.6 Å². The molecule has 1 heterocycles. The Hall–Kier alpha value is -2.86. The number of ether oxygens (including phenoxy) is 2. The van der Waals surface area contributed by atoms with Gasteiger partial charge >= 0.3 is 0 Å². The topological polar surface area (TPSA) is 60.5 Å². The Morgan fingerprint density at radius 3 is 2.64 bits per heavy atom. The van der Waals surface area contributed by atoms with Gasteiger partial charge in [-0.1, -0.05) is 36.4 Å². The van der Waals surface area contributed by atoms with Crippen molar-refractivity contribution in [3.05, 3.63) is 59.5 Å². The van der Waals surface area contributed by atoms with Crippen molar-refractivity contribution in [3.63, 3.8) is 0 Å². The molecule has 1 amide bonds. The van der Waals surface area contributed by atoms with Gasteiger partial charge in [0.15, 0.2) is 5.13 Å². The molecule has 0 aliphatic carbocycles. The molecule has 5 nitrogen and oxygen atoms in total. The van der Waals surface area contributed by atoms with E-state index in [1.807, 2.05) is 47.8 Å². The molecule has 25 heavy (non-hydrogen) atoms. The van der Waals surface area contributed by atoms with E-state index in [4.69, 9.17) is 9.47 Å². The Morgan fingerprint density at radius 2 is 1.92 bits per heavy atom. The molecular formula is C19H18N2O3S. The SMILES string of the molecule is COc1ccc(CC(=O)Nc2nc(-c3ccccc3)cs2)c(OC)c1. The zero-order valence-corrected chi connectivity index (χ0v) is 14.8. The van der Waals surface area contributed by atoms with Gasteiger partial charge in [0.05, 0.1) is 26.3 Å². The average molecular weight is 354 g/mol. The number of nitrogens with zero attached hydrogens (tertiary/aromatic N) is 1. The van der Waals surface area contributed by atoms with Crippen LogP contribution in [-0.2, 0) is 11.2 Å². The van der Waals surface area contributed by atoms with E-state index < -0.39 is 0 Å². The van der Waals surface area contributed by atoms with Gasteiger partial charge in [-0.25, -0.2) is 4.98 Å². The molecule has 0 atom stereocenters. The van der Waals surface area contributed by atoms with Crippen LogP contribution >= 0.6 is 11.3 Å². The Morgan fingerprint density at radius 1 is 1.12 bits per heavy atom. The summed E-state index contributed by atoms with van der Waals surface area (Å²) < 4.78 is 10.5. The summed E-state index contributed by atoms with van der Waals surface area (Å²) in [5.74, 6) is 1.17. The number of methoxy groups -OCH3 is 2. The van der Waals surface area contributed by atoms with Crippen molar-refractivity contribution in [1.29, 1.82) is 0 Å². The van der Waals surface area contributed by atoms with Gasteiger partial charge in [-0.2, -0.15) is 0 Å². The molecule has 3 aromatic rings. The van der Waals surface area contributed by atoms with Crippen molar-refractivity contribution < 1.29 is 14.3 Å². The van der Waals surface area contributed by atoms with E-state index in [0.717, 1.165) is 16.8 Å². The Labute approximate surface area is 150 Å². The Kier molecular flexibility index (Phi) is 5.30. The van der Waals surface area contributed by atoms with E-state index in [0.29, 0.717) is 16.6 Å². The number of thiazole rings is 1. The fraction of sp³-hybridized carbons (Fsp3) is 0.158. The van der Waals surface area contributed by atoms with Crippen LogP contribution in [0.5, 0.6) is 11.5 Å². The molecule has 0 aliphatic rings. The predicted octanol–water partition coefficient (Wildman–Crippen LogP) is 4.01. The number of aromatic nitrogens is 1. The third kappa shape index (κ3) is 4.16. The second-order valence-electron chi connectivity index (χ2n) is 5.31. The summed E-state index contributed by atoms with van der Waals surface area (Å²) in [5, 5.41) is 5.35. The molecule has 0 saturated carbocycles. The summed E-state index contributed by atoms with van der Waals surface area (Å²) in [4.78, 5) is 16.8. The van der Waals surface area contributed by atoms with Gasteiger partial charge in [0.2, 0.25) is 5.91 Å². The first-order chi connectivity index (χ1) is 12.2. The van der Waals surface area contributed by atoms with E-state index in [1.165, 1.54) is 11.3 Å². The Balaban J connectivity index is 1.68. The number of benzene rings is 2. The highest BCUT2D eigenvalue weighted by Gasteiger charge is 2.12. The minimum atomic E-state index is -0.141. The van der Waals surface area contributed by atoms with Gasteiger partial charge in [-0.15, -0.1) is 11.3 Å². The minimum absolute atomic E-state index is 0.141. The van der Waals surface area contributed by atoms with Crippen LogP contribution in [0.15, 0.2) is 53.9 Å². The smallest absolute Gasteiger partial charge is 0.230 e. The number of hydrogen-bond acceptors (Lipinski definition) is 5. The number of rotatable bonds is 6. The van der Waals surface area contributed by atoms with E-state index in [9.17, 15) is 4.79 Å². The largest absolute Gasteiger partial charge is 0.497 e. The van der Waals surface area contributed by atoms with Crippen LogP contribution < -0.4 is 14.8 Å². The summed E-state index contributed by atoms with van der Waals surface area (Å²) in [5.41, 5.74) is 2.67. The first-order valence-corrected chi connectivity index (χ1v) is 8.59. The maximum absolute atomic E-state index is 12.3. The van der Waals surface area contributed by atoms with Gasteiger partial charge < -0.3 is 14.8 Å². The van der Waals surface area contributed by atoms with Crippen molar-refractivity contribution >= 4 is 22.4 Å². The van der Waals surface area contributed by atoms with E-state index in [1.54, 1.807) is 20.3 Å². The van der Waals surface area contributed by atoms with Gasteiger partial charge in [0.25, 0.3) is 0 Å². The number of amides is 1. The number of hydrogen-bond donors (Lipinski definition) is 1. The molecule has 0 radical (unpaired) electrons. The van der Waals surface area contributed by atoms with Gasteiger partial charge in [0.1, 0.15) is 11.5 Å². The van der Waals surface area contributed by atoms with Crippen molar-refractivity contribution in [3.8, 4) is 22.8 Å². The zero-order valence-electron chi connectivity index (χ0n) is 14.0. The summed E-state index contributed by atoms with van der Waals surface area (Å²) in [6.07, 6.45) is 0.202. The number of carbonyl (C=O) groups is 1. The molecule has 1 aromatic heterocycles. The first-order valence-electron chi connectivity index (χ1n) is 7.71. The molecule has 1 N–H and O–H groups in total. The summed E-state index contributed by atoms with van der Waals surface area (Å²) >= 11 is 1.40. The summed E-state index contributed by atoms with van der Waals surface area (Å²) in [6.45, 7) is 0. The van der Waals surface area contributed by atoms with Crippen LogP contribution in [-0.4, -0.2) is 25.1 Å². The van der Waals surface area contributed by atoms with Crippen molar-refractivity contribution in [2.75, 3.05) is 19.5 Å². The molecule has 0 saturated heterocycles. The Bertz CT molecular complexity index is 862. The van der Waals surface area contributed by atoms with Crippen molar-refractivity contribution in [2.24, 2.45) is 0 Å². The molecule has 0 bridgehead atoms. The maximum Gasteiger partial charge on any atom is 0.230 e. The average Bonchev–Trinajstić information content (AvgIpc) is 3.11. The van der Waals surface area contributed by atoms with Gasteiger partial charge in [-0.05, 0) is 6.07 Å². The highest BCUT2D eigenvalue weighted by atomic mass is 32.1. The minimum Gasteiger partial charge on any atom is -0.497 e. The van der Waals surface area contributed by atoms with E-state index in [2.05, 4.69) is 10.3 Å². The van der Waals surface area contributed by atoms with Crippen LogP contribution in [0.3, 0.4) is 0 Å². The standard InChI is InChI=1S/C19H18N2O3S/c1-23-15-9-8-14(17(11-15)24-2)10-18(22)21-19-20-16(12-25-19)13-6-4-3-5-7-13/h3-9,11-12H,10H2,1-2H3,(H,20,21,22). The highest BCUT2D eigenvalue weighted by Crippen LogP contribution is 2.27. The van der Waals surface area contributed by atoms with Crippen LogP contribution in [0.2, 0.25) is 0 Å². The van der Waals surface area contributed by atoms with Crippen molar-refractivity contribution in [1.82, 2.24) is 4.98 Å². The summed E-state index contributed by atoms with van der Waals surface area (Å²) in [7, 11) is 3.16. The maximum atomic E-state index is 12.3. The summed E-state index contributed by atoms with van der Waals surface area (Å²) in [6, 6.07) is 15.3. The molecule has 0 aliphatic heterocycles. The predicted molar refractivity (Wildman–Crippen MR) is 99.4 cm³/mol. The van der Waals surface area contributed by atoms with E-state index in [-0.39, 0.29) is 12.3 Å². The number of nitrogens with one attached hydrogen (secondary N) is 1. The monoisotopic (exact) mass is 354 g/mol. The van der Waals surface area contributed by atoms with Crippen LogP contribution in [0.4, 0.5) is 5.13 Å². The third-order valence-corrected chi connectivity index (χ3v) is 4.42. The molecule has 128 valence electrons. The third-order valence-electron chi connectivity index (χ3n) is 3.67. The fourth-order valence-electron chi connectivity index (χ4n) is 2.41. The second kappa shape index (κ2) is 7.81. The molecule has 0 spiro atoms. The zero-order chi connectivity index (χ0) is 17.6. The number of anilines is 1. The molecular weight excluding hydrogens is 336 g/mol. The number of carbonyl (C=O) groups excluding carboxylic acids is 1. The van der Waals surface area contributed by atoms with Crippen molar-refractivity contribution in [2.45, 2.75) is 6.42 Å². The second-order valence-corrected chi connectivity index (χ2v) is 6.16. The molecule has 3 rings (SSSR count). The van der Waals surface area contributed by atoms with Crippen LogP contribution in [0.1, 0.15) is 5.56 Å². The van der Waals surface area contributed by atoms with E-state index >= 15 is 0 Å². The lowest BCUT2D eigenvalue weighted by Gasteiger charge is -2.10. The molecule has 0 unspecified atom stereocenters. The lowest BCUT2D eigenvalue weighted by Crippen LogP contribution is -2.14. The lowest BCUT2D eigenvalue weighted by atomic mass is 10.1.